The van der Waals surface area contributed by atoms with Crippen LogP contribution in [0.1, 0.15) is 25.0 Å². The molecule has 1 aromatic carbocycles. The van der Waals surface area contributed by atoms with Crippen molar-refractivity contribution in [3.63, 3.8) is 0 Å². The van der Waals surface area contributed by atoms with Crippen molar-refractivity contribution < 1.29 is 8.42 Å². The summed E-state index contributed by atoms with van der Waals surface area (Å²) >= 11 is 0. The molecule has 0 bridgehead atoms. The Bertz CT molecular complexity index is 578. The highest BCUT2D eigenvalue weighted by Crippen LogP contribution is 2.38. The van der Waals surface area contributed by atoms with E-state index in [0.717, 1.165) is 11.1 Å². The molecule has 0 aliphatic carbocycles. The second kappa shape index (κ2) is 3.18. The molecule has 0 aromatic heterocycles. The Morgan fingerprint density at radius 1 is 1.25 bits per heavy atom. The van der Waals surface area contributed by atoms with Crippen LogP contribution in [0.15, 0.2) is 28.5 Å². The van der Waals surface area contributed by atoms with Gasteiger partial charge in [-0.15, -0.1) is 0 Å². The molecule has 86 valence electrons. The zero-order chi connectivity index (χ0) is 12.1. The van der Waals surface area contributed by atoms with Crippen LogP contribution in [0, 0.1) is 6.92 Å². The summed E-state index contributed by atoms with van der Waals surface area (Å²) in [5.41, 5.74) is 7.69. The van der Waals surface area contributed by atoms with E-state index in [1.165, 1.54) is 5.41 Å². The van der Waals surface area contributed by atoms with E-state index in [4.69, 9.17) is 5.73 Å². The topological polar surface area (TPSA) is 60.2 Å². The van der Waals surface area contributed by atoms with Crippen molar-refractivity contribution in [2.45, 2.75) is 31.2 Å². The van der Waals surface area contributed by atoms with E-state index in [2.05, 4.69) is 0 Å². The van der Waals surface area contributed by atoms with E-state index in [1.54, 1.807) is 6.07 Å². The van der Waals surface area contributed by atoms with Crippen molar-refractivity contribution in [1.82, 2.24) is 0 Å². The van der Waals surface area contributed by atoms with Gasteiger partial charge in [-0.25, -0.2) is 8.42 Å². The fourth-order valence-electron chi connectivity index (χ4n) is 1.87. The number of nitrogens with two attached hydrogens (primary N) is 1. The van der Waals surface area contributed by atoms with Gasteiger partial charge in [-0.3, -0.25) is 0 Å². The summed E-state index contributed by atoms with van der Waals surface area (Å²) in [4.78, 5) is 0.376. The lowest BCUT2D eigenvalue weighted by Gasteiger charge is -2.20. The Balaban J connectivity index is 2.75. The van der Waals surface area contributed by atoms with Crippen molar-refractivity contribution >= 4 is 15.4 Å². The van der Waals surface area contributed by atoms with Crippen molar-refractivity contribution in [2.24, 2.45) is 5.73 Å². The molecule has 2 rings (SSSR count). The lowest BCUT2D eigenvalue weighted by Crippen LogP contribution is -2.32. The molecule has 1 aliphatic rings. The van der Waals surface area contributed by atoms with Gasteiger partial charge in [-0.1, -0.05) is 12.1 Å². The summed E-state index contributed by atoms with van der Waals surface area (Å²) in [6.45, 7) is 5.49. The van der Waals surface area contributed by atoms with Crippen LogP contribution in [0.2, 0.25) is 0 Å². The quantitative estimate of drug-likeness (QED) is 0.811. The van der Waals surface area contributed by atoms with E-state index in [1.807, 2.05) is 32.9 Å². The number of benzene rings is 1. The molecule has 0 fully saturated rings. The largest absolute Gasteiger partial charge is 0.322 e. The van der Waals surface area contributed by atoms with Gasteiger partial charge in [0.15, 0.2) is 0 Å². The van der Waals surface area contributed by atoms with Crippen molar-refractivity contribution in [3.8, 4) is 0 Å². The second-order valence-corrected chi connectivity index (χ2v) is 6.56. The van der Waals surface area contributed by atoms with Gasteiger partial charge < -0.3 is 5.73 Å². The van der Waals surface area contributed by atoms with Gasteiger partial charge in [0.25, 0.3) is 0 Å². The predicted molar refractivity (Wildman–Crippen MR) is 64.6 cm³/mol. The summed E-state index contributed by atoms with van der Waals surface area (Å²) in [6, 6.07) is 5.43. The molecule has 16 heavy (non-hydrogen) atoms. The predicted octanol–water partition coefficient (Wildman–Crippen LogP) is 1.86. The first kappa shape index (κ1) is 11.4. The number of hydrogen-bond donors (Lipinski definition) is 1. The van der Waals surface area contributed by atoms with Crippen LogP contribution in [0.4, 0.5) is 0 Å². The van der Waals surface area contributed by atoms with E-state index < -0.39 is 15.4 Å². The molecule has 1 heterocycles. The minimum Gasteiger partial charge on any atom is -0.322 e. The average molecular weight is 237 g/mol. The highest BCUT2D eigenvalue weighted by molar-refractivity contribution is 7.95. The number of rotatable bonds is 1. The lowest BCUT2D eigenvalue weighted by atomic mass is 9.90. The first-order valence-electron chi connectivity index (χ1n) is 5.09. The molecule has 0 radical (unpaired) electrons. The third-order valence-electron chi connectivity index (χ3n) is 2.70. The Morgan fingerprint density at radius 2 is 1.88 bits per heavy atom. The third-order valence-corrected chi connectivity index (χ3v) is 4.20. The number of fused-ring (bicyclic) bond motifs is 1. The van der Waals surface area contributed by atoms with E-state index in [-0.39, 0.29) is 0 Å². The molecule has 0 unspecified atom stereocenters. The van der Waals surface area contributed by atoms with Gasteiger partial charge in [-0.2, -0.15) is 0 Å². The molecule has 3 nitrogen and oxygen atoms in total. The van der Waals surface area contributed by atoms with Gasteiger partial charge in [0.2, 0.25) is 9.84 Å². The lowest BCUT2D eigenvalue weighted by molar-refractivity contribution is 0.605. The molecule has 0 amide bonds. The van der Waals surface area contributed by atoms with Gasteiger partial charge in [-0.05, 0) is 43.5 Å². The number of aryl methyl sites for hydroxylation is 1. The van der Waals surface area contributed by atoms with E-state index in [0.29, 0.717) is 10.5 Å². The molecule has 0 saturated heterocycles. The first-order chi connectivity index (χ1) is 7.22. The summed E-state index contributed by atoms with van der Waals surface area (Å²) in [6.07, 6.45) is 0. The molecular weight excluding hydrogens is 222 g/mol. The standard InChI is InChI=1S/C12H15NO2S/c1-8-4-5-9-10(12(2,3)13)7-16(14,15)11(9)6-8/h4-7H,13H2,1-3H3. The molecule has 4 heteroatoms. The van der Waals surface area contributed by atoms with Crippen molar-refractivity contribution in [2.75, 3.05) is 0 Å². The van der Waals surface area contributed by atoms with E-state index >= 15 is 0 Å². The van der Waals surface area contributed by atoms with Crippen LogP contribution in [-0.4, -0.2) is 14.0 Å². The number of hydrogen-bond acceptors (Lipinski definition) is 3. The van der Waals surface area contributed by atoms with Crippen LogP contribution in [0.25, 0.3) is 5.57 Å². The van der Waals surface area contributed by atoms with Crippen LogP contribution in [-0.2, 0) is 9.84 Å². The zero-order valence-corrected chi connectivity index (χ0v) is 10.4. The van der Waals surface area contributed by atoms with Crippen LogP contribution < -0.4 is 5.73 Å². The van der Waals surface area contributed by atoms with Gasteiger partial charge in [0.1, 0.15) is 0 Å². The Kier molecular flexibility index (Phi) is 2.26. The summed E-state index contributed by atoms with van der Waals surface area (Å²) in [5.74, 6) is 0. The Morgan fingerprint density at radius 3 is 2.44 bits per heavy atom. The summed E-state index contributed by atoms with van der Waals surface area (Å²) < 4.78 is 23.9. The molecular formula is C12H15NO2S. The summed E-state index contributed by atoms with van der Waals surface area (Å²) in [7, 11) is -3.30. The highest BCUT2D eigenvalue weighted by Gasteiger charge is 2.33. The maximum absolute atomic E-state index is 11.9. The zero-order valence-electron chi connectivity index (χ0n) is 9.61. The minimum absolute atomic E-state index is 0.376. The van der Waals surface area contributed by atoms with Crippen LogP contribution in [0.3, 0.4) is 0 Å². The van der Waals surface area contributed by atoms with E-state index in [9.17, 15) is 8.42 Å². The van der Waals surface area contributed by atoms with Crippen LogP contribution >= 0.6 is 0 Å². The molecule has 1 aromatic rings. The van der Waals surface area contributed by atoms with Crippen molar-refractivity contribution in [3.05, 3.63) is 34.7 Å². The summed E-state index contributed by atoms with van der Waals surface area (Å²) in [5, 5.41) is 1.29. The molecule has 0 spiro atoms. The maximum atomic E-state index is 11.9. The smallest absolute Gasteiger partial charge is 0.200 e. The number of sulfone groups is 1. The molecule has 0 saturated carbocycles. The minimum atomic E-state index is -3.30. The third kappa shape index (κ3) is 1.68. The van der Waals surface area contributed by atoms with Crippen LogP contribution in [0.5, 0.6) is 0 Å². The van der Waals surface area contributed by atoms with Gasteiger partial charge >= 0.3 is 0 Å². The molecule has 0 atom stereocenters. The SMILES string of the molecule is Cc1ccc2c(c1)S(=O)(=O)C=C2C(C)(C)N. The van der Waals surface area contributed by atoms with Gasteiger partial charge in [0, 0.05) is 10.9 Å². The van der Waals surface area contributed by atoms with Gasteiger partial charge in [0.05, 0.1) is 4.90 Å². The fourth-order valence-corrected chi connectivity index (χ4v) is 3.57. The molecule has 1 aliphatic heterocycles. The first-order valence-corrected chi connectivity index (χ1v) is 6.63. The Labute approximate surface area is 95.9 Å². The Hall–Kier alpha value is -1.13. The average Bonchev–Trinajstić information content (AvgIpc) is 2.38. The monoisotopic (exact) mass is 237 g/mol. The second-order valence-electron chi connectivity index (χ2n) is 4.80. The normalized spacial score (nSPS) is 18.1. The maximum Gasteiger partial charge on any atom is 0.200 e. The molecule has 2 N–H and O–H groups in total. The van der Waals surface area contributed by atoms with Crippen molar-refractivity contribution in [1.29, 1.82) is 0 Å². The highest BCUT2D eigenvalue weighted by atomic mass is 32.2. The fraction of sp³-hybridized carbons (Fsp3) is 0.333.